The topological polar surface area (TPSA) is 30.3 Å². The minimum absolute atomic E-state index is 0.0811. The van der Waals surface area contributed by atoms with Crippen LogP contribution in [0.2, 0.25) is 0 Å². The number of halogens is 1. The van der Waals surface area contributed by atoms with Crippen LogP contribution in [0, 0.1) is 6.92 Å². The van der Waals surface area contributed by atoms with Crippen LogP contribution >= 0.6 is 11.6 Å². The van der Waals surface area contributed by atoms with Gasteiger partial charge in [-0.3, -0.25) is 4.90 Å². The molecular weight excluding hydrogens is 286 g/mol. The molecule has 1 aromatic carbocycles. The Bertz CT molecular complexity index is 617. The first kappa shape index (κ1) is 14.8. The first-order valence-corrected chi connectivity index (χ1v) is 8.00. The Balaban J connectivity index is 1.86. The molecule has 21 heavy (non-hydrogen) atoms. The van der Waals surface area contributed by atoms with Gasteiger partial charge in [-0.1, -0.05) is 6.07 Å². The Labute approximate surface area is 130 Å². The Morgan fingerprint density at radius 2 is 2.05 bits per heavy atom. The van der Waals surface area contributed by atoms with Crippen molar-refractivity contribution >= 4 is 22.6 Å². The van der Waals surface area contributed by atoms with E-state index in [1.165, 1.54) is 11.1 Å². The second kappa shape index (κ2) is 6.34. The minimum Gasteiger partial charge on any atom is -0.379 e. The number of fused-ring (bicyclic) bond motifs is 1. The number of ether oxygens (including phenoxy) is 1. The Kier molecular flexibility index (Phi) is 4.48. The fourth-order valence-corrected chi connectivity index (χ4v) is 3.03. The standard InChI is InChI=1S/C16H22ClN3O/c1-12-3-4-15-14(11-12)18-16(13(2)17)20(15)6-5-19-7-9-21-10-8-19/h3-4,11,13H,5-10H2,1-2H3. The van der Waals surface area contributed by atoms with E-state index in [0.717, 1.165) is 50.7 Å². The number of alkyl halides is 1. The summed E-state index contributed by atoms with van der Waals surface area (Å²) >= 11 is 6.32. The molecule has 0 bridgehead atoms. The van der Waals surface area contributed by atoms with E-state index >= 15 is 0 Å². The third kappa shape index (κ3) is 3.23. The smallest absolute Gasteiger partial charge is 0.127 e. The SMILES string of the molecule is Cc1ccc2c(c1)nc(C(C)Cl)n2CCN1CCOCC1. The van der Waals surface area contributed by atoms with Gasteiger partial charge in [0.1, 0.15) is 5.82 Å². The average Bonchev–Trinajstić information content (AvgIpc) is 2.84. The van der Waals surface area contributed by atoms with Crippen LogP contribution in [0.4, 0.5) is 0 Å². The van der Waals surface area contributed by atoms with Crippen molar-refractivity contribution in [2.75, 3.05) is 32.8 Å². The van der Waals surface area contributed by atoms with E-state index in [1.807, 2.05) is 6.92 Å². The molecule has 0 N–H and O–H groups in total. The molecule has 0 amide bonds. The lowest BCUT2D eigenvalue weighted by Crippen LogP contribution is -2.38. The highest BCUT2D eigenvalue weighted by Crippen LogP contribution is 2.25. The van der Waals surface area contributed by atoms with Crippen molar-refractivity contribution in [3.05, 3.63) is 29.6 Å². The summed E-state index contributed by atoms with van der Waals surface area (Å²) in [5.74, 6) is 0.963. The molecule has 0 saturated carbocycles. The summed E-state index contributed by atoms with van der Waals surface area (Å²) in [7, 11) is 0. The largest absolute Gasteiger partial charge is 0.379 e. The van der Waals surface area contributed by atoms with Gasteiger partial charge < -0.3 is 9.30 Å². The minimum atomic E-state index is -0.0811. The summed E-state index contributed by atoms with van der Waals surface area (Å²) in [5, 5.41) is -0.0811. The van der Waals surface area contributed by atoms with Crippen LogP contribution in [0.15, 0.2) is 18.2 Å². The Morgan fingerprint density at radius 1 is 1.29 bits per heavy atom. The van der Waals surface area contributed by atoms with E-state index in [9.17, 15) is 0 Å². The maximum absolute atomic E-state index is 6.32. The fourth-order valence-electron chi connectivity index (χ4n) is 2.86. The number of rotatable bonds is 4. The van der Waals surface area contributed by atoms with E-state index < -0.39 is 0 Å². The summed E-state index contributed by atoms with van der Waals surface area (Å²) < 4.78 is 7.67. The van der Waals surface area contributed by atoms with Crippen molar-refractivity contribution < 1.29 is 4.74 Å². The van der Waals surface area contributed by atoms with Crippen LogP contribution in [0.5, 0.6) is 0 Å². The molecule has 0 aliphatic carbocycles. The van der Waals surface area contributed by atoms with Crippen LogP contribution in [-0.2, 0) is 11.3 Å². The molecule has 2 aromatic rings. The highest BCUT2D eigenvalue weighted by Gasteiger charge is 2.16. The van der Waals surface area contributed by atoms with Crippen LogP contribution in [0.3, 0.4) is 0 Å². The normalized spacial score (nSPS) is 18.2. The van der Waals surface area contributed by atoms with Gasteiger partial charge in [-0.05, 0) is 31.5 Å². The van der Waals surface area contributed by atoms with Gasteiger partial charge in [-0.25, -0.2) is 4.98 Å². The maximum Gasteiger partial charge on any atom is 0.127 e. The van der Waals surface area contributed by atoms with Crippen molar-refractivity contribution in [2.24, 2.45) is 0 Å². The first-order chi connectivity index (χ1) is 10.1. The molecule has 0 radical (unpaired) electrons. The van der Waals surface area contributed by atoms with Gasteiger partial charge in [0.25, 0.3) is 0 Å². The number of hydrogen-bond donors (Lipinski definition) is 0. The van der Waals surface area contributed by atoms with Gasteiger partial charge in [0.15, 0.2) is 0 Å². The molecule has 0 spiro atoms. The molecule has 1 fully saturated rings. The molecule has 2 heterocycles. The molecule has 114 valence electrons. The van der Waals surface area contributed by atoms with Gasteiger partial charge in [-0.15, -0.1) is 11.6 Å². The molecule has 5 heteroatoms. The summed E-state index contributed by atoms with van der Waals surface area (Å²) in [6.07, 6.45) is 0. The number of imidazole rings is 1. The molecule has 1 saturated heterocycles. The molecule has 1 aliphatic heterocycles. The van der Waals surface area contributed by atoms with Gasteiger partial charge in [-0.2, -0.15) is 0 Å². The summed E-state index contributed by atoms with van der Waals surface area (Å²) in [6.45, 7) is 9.71. The van der Waals surface area contributed by atoms with Crippen molar-refractivity contribution in [2.45, 2.75) is 25.8 Å². The number of nitrogens with zero attached hydrogens (tertiary/aromatic N) is 3. The van der Waals surface area contributed by atoms with E-state index in [0.29, 0.717) is 0 Å². The lowest BCUT2D eigenvalue weighted by molar-refractivity contribution is 0.0364. The second-order valence-corrected chi connectivity index (χ2v) is 6.34. The van der Waals surface area contributed by atoms with Crippen LogP contribution in [0.1, 0.15) is 23.7 Å². The predicted octanol–water partition coefficient (Wildman–Crippen LogP) is 2.98. The molecular formula is C16H22ClN3O. The van der Waals surface area contributed by atoms with Crippen molar-refractivity contribution in [3.8, 4) is 0 Å². The quantitative estimate of drug-likeness (QED) is 0.814. The Morgan fingerprint density at radius 3 is 2.76 bits per heavy atom. The van der Waals surface area contributed by atoms with Gasteiger partial charge in [0.05, 0.1) is 29.6 Å². The zero-order valence-electron chi connectivity index (χ0n) is 12.7. The number of aryl methyl sites for hydroxylation is 1. The highest BCUT2D eigenvalue weighted by molar-refractivity contribution is 6.20. The average molecular weight is 308 g/mol. The summed E-state index contributed by atoms with van der Waals surface area (Å²) in [6, 6.07) is 6.42. The molecule has 3 rings (SSSR count). The van der Waals surface area contributed by atoms with E-state index in [2.05, 4.69) is 34.6 Å². The van der Waals surface area contributed by atoms with Crippen LogP contribution in [0.25, 0.3) is 11.0 Å². The summed E-state index contributed by atoms with van der Waals surface area (Å²) in [5.41, 5.74) is 3.45. The maximum atomic E-state index is 6.32. The third-order valence-corrected chi connectivity index (χ3v) is 4.23. The molecule has 1 aliphatic rings. The van der Waals surface area contributed by atoms with E-state index in [1.54, 1.807) is 0 Å². The molecule has 1 aromatic heterocycles. The lowest BCUT2D eigenvalue weighted by atomic mass is 10.2. The third-order valence-electron chi connectivity index (χ3n) is 4.03. The lowest BCUT2D eigenvalue weighted by Gasteiger charge is -2.27. The monoisotopic (exact) mass is 307 g/mol. The molecule has 4 nitrogen and oxygen atoms in total. The zero-order valence-corrected chi connectivity index (χ0v) is 13.4. The fraction of sp³-hybridized carbons (Fsp3) is 0.562. The predicted molar refractivity (Wildman–Crippen MR) is 86.0 cm³/mol. The second-order valence-electron chi connectivity index (χ2n) is 5.68. The highest BCUT2D eigenvalue weighted by atomic mass is 35.5. The van der Waals surface area contributed by atoms with Crippen molar-refractivity contribution in [1.82, 2.24) is 14.5 Å². The number of benzene rings is 1. The molecule has 1 atom stereocenters. The van der Waals surface area contributed by atoms with Crippen molar-refractivity contribution in [1.29, 1.82) is 0 Å². The van der Waals surface area contributed by atoms with E-state index in [-0.39, 0.29) is 5.38 Å². The Hall–Kier alpha value is -1.10. The number of morpholine rings is 1. The zero-order chi connectivity index (χ0) is 14.8. The van der Waals surface area contributed by atoms with Gasteiger partial charge in [0.2, 0.25) is 0 Å². The van der Waals surface area contributed by atoms with E-state index in [4.69, 9.17) is 21.3 Å². The van der Waals surface area contributed by atoms with Gasteiger partial charge >= 0.3 is 0 Å². The number of hydrogen-bond acceptors (Lipinski definition) is 3. The first-order valence-electron chi connectivity index (χ1n) is 7.56. The number of aromatic nitrogens is 2. The van der Waals surface area contributed by atoms with Gasteiger partial charge in [0, 0.05) is 26.2 Å². The molecule has 1 unspecified atom stereocenters. The summed E-state index contributed by atoms with van der Waals surface area (Å²) in [4.78, 5) is 7.16. The van der Waals surface area contributed by atoms with Crippen LogP contribution in [-0.4, -0.2) is 47.3 Å². The van der Waals surface area contributed by atoms with Crippen LogP contribution < -0.4 is 0 Å². The van der Waals surface area contributed by atoms with Crippen molar-refractivity contribution in [3.63, 3.8) is 0 Å².